The average Bonchev–Trinajstić information content (AvgIpc) is 2.66. The lowest BCUT2D eigenvalue weighted by Crippen LogP contribution is -2.57. The van der Waals surface area contributed by atoms with Crippen LogP contribution in [0.15, 0.2) is 0 Å². The lowest BCUT2D eigenvalue weighted by molar-refractivity contribution is -0.453. The van der Waals surface area contributed by atoms with Crippen LogP contribution in [0, 0.1) is 23.7 Å². The molecule has 6 atom stereocenters. The van der Waals surface area contributed by atoms with Gasteiger partial charge in [0.05, 0.1) is 0 Å². The van der Waals surface area contributed by atoms with E-state index in [0.29, 0.717) is 17.8 Å². The molecule has 2 saturated heterocycles. The molecule has 2 aliphatic heterocycles. The van der Waals surface area contributed by atoms with Gasteiger partial charge in [-0.25, -0.2) is 9.78 Å². The molecule has 0 aromatic heterocycles. The summed E-state index contributed by atoms with van der Waals surface area (Å²) in [5.41, 5.74) is -0.0943. The number of hydrogen-bond donors (Lipinski definition) is 0. The van der Waals surface area contributed by atoms with Gasteiger partial charge in [-0.15, -0.1) is 0 Å². The summed E-state index contributed by atoms with van der Waals surface area (Å²) in [5, 5.41) is 0. The molecule has 4 rings (SSSR count). The Bertz CT molecular complexity index is 346. The van der Waals surface area contributed by atoms with Crippen molar-refractivity contribution >= 4 is 0 Å². The van der Waals surface area contributed by atoms with Gasteiger partial charge in [-0.05, 0) is 69.1 Å². The largest absolute Gasteiger partial charge is 0.384 e. The quantitative estimate of drug-likeness (QED) is 0.733. The third-order valence-corrected chi connectivity index (χ3v) is 6.42. The first-order chi connectivity index (χ1) is 9.51. The van der Waals surface area contributed by atoms with Crippen molar-refractivity contribution in [2.45, 2.75) is 70.5 Å². The van der Waals surface area contributed by atoms with Crippen LogP contribution in [0.3, 0.4) is 0 Å². The molecule has 0 radical (unpaired) electrons. The predicted octanol–water partition coefficient (Wildman–Crippen LogP) is 3.96. The lowest BCUT2D eigenvalue weighted by atomic mass is 9.59. The molecule has 4 aliphatic rings. The number of ether oxygens (including phenoxy) is 1. The minimum Gasteiger partial charge on any atom is -0.384 e. The van der Waals surface area contributed by atoms with Crippen molar-refractivity contribution in [3.05, 3.63) is 0 Å². The van der Waals surface area contributed by atoms with E-state index in [1.807, 2.05) is 0 Å². The van der Waals surface area contributed by atoms with Gasteiger partial charge in [-0.2, -0.15) is 0 Å². The molecule has 116 valence electrons. The van der Waals surface area contributed by atoms with E-state index in [1.165, 1.54) is 19.3 Å². The van der Waals surface area contributed by atoms with E-state index in [2.05, 4.69) is 20.8 Å². The molecule has 2 bridgehead atoms. The highest BCUT2D eigenvalue weighted by Crippen LogP contribution is 2.57. The fraction of sp³-hybridized carbons (Fsp3) is 1.00. The van der Waals surface area contributed by atoms with Crippen LogP contribution in [0.25, 0.3) is 0 Å². The van der Waals surface area contributed by atoms with Crippen LogP contribution in [0.1, 0.15) is 59.3 Å². The van der Waals surface area contributed by atoms with Crippen LogP contribution >= 0.6 is 0 Å². The number of fused-ring (bicyclic) bond motifs is 3. The molecule has 0 aromatic carbocycles. The monoisotopic (exact) mass is 282 g/mol. The minimum atomic E-state index is -0.0500. The molecular weight excluding hydrogens is 252 g/mol. The summed E-state index contributed by atoms with van der Waals surface area (Å²) >= 11 is 0. The molecule has 0 N–H and O–H groups in total. The molecule has 3 heteroatoms. The summed E-state index contributed by atoms with van der Waals surface area (Å²) in [6.07, 6.45) is 7.29. The Morgan fingerprint density at radius 3 is 2.60 bits per heavy atom. The van der Waals surface area contributed by atoms with Crippen molar-refractivity contribution in [2.24, 2.45) is 23.7 Å². The first-order valence-corrected chi connectivity index (χ1v) is 8.36. The lowest BCUT2D eigenvalue weighted by Gasteiger charge is -2.53. The zero-order chi connectivity index (χ0) is 14.4. The van der Waals surface area contributed by atoms with Crippen molar-refractivity contribution in [2.75, 3.05) is 13.7 Å². The first-order valence-electron chi connectivity index (χ1n) is 8.36. The SMILES string of the molecule is COC[C@H](C)[C@@H]1CC[C@@H](C)[C@@H]2CC[C@]3(C)CC[C@@]21OO3. The Labute approximate surface area is 123 Å². The molecule has 2 saturated carbocycles. The van der Waals surface area contributed by atoms with Crippen molar-refractivity contribution in [1.29, 1.82) is 0 Å². The molecule has 4 fully saturated rings. The third kappa shape index (κ3) is 2.22. The van der Waals surface area contributed by atoms with E-state index in [0.717, 1.165) is 31.8 Å². The van der Waals surface area contributed by atoms with Gasteiger partial charge in [-0.3, -0.25) is 0 Å². The van der Waals surface area contributed by atoms with Crippen molar-refractivity contribution < 1.29 is 14.5 Å². The topological polar surface area (TPSA) is 27.7 Å². The molecule has 1 spiro atoms. The predicted molar refractivity (Wildman–Crippen MR) is 78.2 cm³/mol. The molecule has 2 heterocycles. The van der Waals surface area contributed by atoms with E-state index >= 15 is 0 Å². The Kier molecular flexibility index (Phi) is 3.89. The zero-order valence-corrected chi connectivity index (χ0v) is 13.5. The molecule has 0 aromatic rings. The fourth-order valence-corrected chi connectivity index (χ4v) is 5.16. The maximum absolute atomic E-state index is 6.19. The van der Waals surface area contributed by atoms with Gasteiger partial charge in [-0.1, -0.05) is 13.8 Å². The summed E-state index contributed by atoms with van der Waals surface area (Å²) in [7, 11) is 1.81. The summed E-state index contributed by atoms with van der Waals surface area (Å²) in [6.45, 7) is 7.77. The van der Waals surface area contributed by atoms with E-state index in [-0.39, 0.29) is 11.2 Å². The van der Waals surface area contributed by atoms with Crippen molar-refractivity contribution in [3.8, 4) is 0 Å². The minimum absolute atomic E-state index is 0.0443. The Balaban J connectivity index is 1.91. The molecule has 20 heavy (non-hydrogen) atoms. The molecular formula is C17H30O3. The molecule has 2 aliphatic carbocycles. The Morgan fingerprint density at radius 1 is 1.15 bits per heavy atom. The maximum Gasteiger partial charge on any atom is 0.110 e. The van der Waals surface area contributed by atoms with Crippen LogP contribution in [0.5, 0.6) is 0 Å². The van der Waals surface area contributed by atoms with E-state index in [1.54, 1.807) is 7.11 Å². The van der Waals surface area contributed by atoms with Crippen molar-refractivity contribution in [3.63, 3.8) is 0 Å². The second-order valence-corrected chi connectivity index (χ2v) is 7.81. The number of methoxy groups -OCH3 is 1. The average molecular weight is 282 g/mol. The van der Waals surface area contributed by atoms with Crippen LogP contribution in [-0.4, -0.2) is 24.9 Å². The number of hydrogen-bond acceptors (Lipinski definition) is 3. The summed E-state index contributed by atoms with van der Waals surface area (Å²) in [5.74, 6) is 2.53. The highest BCUT2D eigenvalue weighted by molar-refractivity contribution is 5.06. The summed E-state index contributed by atoms with van der Waals surface area (Å²) < 4.78 is 5.42. The van der Waals surface area contributed by atoms with Gasteiger partial charge >= 0.3 is 0 Å². The summed E-state index contributed by atoms with van der Waals surface area (Å²) in [6, 6.07) is 0. The van der Waals surface area contributed by atoms with Crippen molar-refractivity contribution in [1.82, 2.24) is 0 Å². The van der Waals surface area contributed by atoms with Crippen LogP contribution in [-0.2, 0) is 14.5 Å². The fourth-order valence-electron chi connectivity index (χ4n) is 5.16. The highest BCUT2D eigenvalue weighted by atomic mass is 17.2. The van der Waals surface area contributed by atoms with E-state index in [9.17, 15) is 0 Å². The smallest absolute Gasteiger partial charge is 0.110 e. The van der Waals surface area contributed by atoms with Gasteiger partial charge < -0.3 is 4.74 Å². The highest BCUT2D eigenvalue weighted by Gasteiger charge is 2.59. The zero-order valence-electron chi connectivity index (χ0n) is 13.5. The van der Waals surface area contributed by atoms with Gasteiger partial charge in [0.2, 0.25) is 0 Å². The summed E-state index contributed by atoms with van der Waals surface area (Å²) in [4.78, 5) is 12.1. The van der Waals surface area contributed by atoms with Gasteiger partial charge in [0.15, 0.2) is 0 Å². The third-order valence-electron chi connectivity index (χ3n) is 6.42. The standard InChI is InChI=1S/C17H30O3/c1-12-5-6-14(13(2)11-18-4)17-10-9-16(3,19-20-17)8-7-15(12)17/h12-15H,5-11H2,1-4H3/t12-,13+,14+,15+,16-,17+/m1/s1. The molecule has 0 amide bonds. The van der Waals surface area contributed by atoms with Gasteiger partial charge in [0.1, 0.15) is 11.2 Å². The van der Waals surface area contributed by atoms with E-state index < -0.39 is 0 Å². The van der Waals surface area contributed by atoms with E-state index in [4.69, 9.17) is 14.5 Å². The Hall–Kier alpha value is -0.120. The molecule has 0 unspecified atom stereocenters. The van der Waals surface area contributed by atoms with Gasteiger partial charge in [0, 0.05) is 13.7 Å². The second kappa shape index (κ2) is 5.26. The second-order valence-electron chi connectivity index (χ2n) is 7.81. The van der Waals surface area contributed by atoms with Crippen LogP contribution in [0.2, 0.25) is 0 Å². The maximum atomic E-state index is 6.19. The molecule has 3 nitrogen and oxygen atoms in total. The first kappa shape index (κ1) is 14.8. The van der Waals surface area contributed by atoms with Crippen LogP contribution < -0.4 is 0 Å². The van der Waals surface area contributed by atoms with Gasteiger partial charge in [0.25, 0.3) is 0 Å². The number of rotatable bonds is 3. The van der Waals surface area contributed by atoms with Crippen LogP contribution in [0.4, 0.5) is 0 Å². The Morgan fingerprint density at radius 2 is 1.95 bits per heavy atom. The normalized spacial score (nSPS) is 49.5.